The second-order valence-corrected chi connectivity index (χ2v) is 6.98. The van der Waals surface area contributed by atoms with E-state index in [0.717, 1.165) is 37.8 Å². The summed E-state index contributed by atoms with van der Waals surface area (Å²) in [4.78, 5) is 29.5. The molecule has 0 atom stereocenters. The first kappa shape index (κ1) is 16.1. The van der Waals surface area contributed by atoms with Crippen LogP contribution in [0.2, 0.25) is 5.02 Å². The predicted octanol–water partition coefficient (Wildman–Crippen LogP) is 3.02. The topological polar surface area (TPSA) is 76.0 Å². The second kappa shape index (κ2) is 6.52. The van der Waals surface area contributed by atoms with Crippen molar-refractivity contribution in [1.29, 1.82) is 0 Å². The second-order valence-electron chi connectivity index (χ2n) is 6.55. The zero-order valence-corrected chi connectivity index (χ0v) is 14.5. The monoisotopic (exact) mass is 358 g/mol. The van der Waals surface area contributed by atoms with Gasteiger partial charge in [-0.1, -0.05) is 11.6 Å². The number of imidazole rings is 1. The molecule has 7 heteroatoms. The normalized spacial score (nSPS) is 16.2. The summed E-state index contributed by atoms with van der Waals surface area (Å²) in [7, 11) is 0. The van der Waals surface area contributed by atoms with E-state index in [1.165, 1.54) is 0 Å². The van der Waals surface area contributed by atoms with Crippen molar-refractivity contribution in [3.63, 3.8) is 0 Å². The molecule has 1 aliphatic heterocycles. The summed E-state index contributed by atoms with van der Waals surface area (Å²) >= 11 is 5.87. The molecule has 4 rings (SSSR count). The number of benzene rings is 1. The molecular weight excluding hydrogens is 340 g/mol. The van der Waals surface area contributed by atoms with Crippen molar-refractivity contribution in [3.05, 3.63) is 46.5 Å². The largest absolute Gasteiger partial charge is 0.348 e. The Morgan fingerprint density at radius 3 is 2.60 bits per heavy atom. The fraction of sp³-hybridized carbons (Fsp3) is 0.389. The number of anilines is 1. The fourth-order valence-corrected chi connectivity index (χ4v) is 3.23. The summed E-state index contributed by atoms with van der Waals surface area (Å²) < 4.78 is 1.89. The maximum atomic E-state index is 12.7. The van der Waals surface area contributed by atoms with Crippen LogP contribution in [0, 0.1) is 0 Å². The van der Waals surface area contributed by atoms with Gasteiger partial charge in [0.2, 0.25) is 0 Å². The third-order valence-electron chi connectivity index (χ3n) is 4.55. The number of hydrogen-bond donors (Lipinski definition) is 2. The zero-order chi connectivity index (χ0) is 17.4. The van der Waals surface area contributed by atoms with Crippen LogP contribution in [0.1, 0.15) is 52.5 Å². The fourth-order valence-electron chi connectivity index (χ4n) is 3.10. The van der Waals surface area contributed by atoms with E-state index < -0.39 is 0 Å². The zero-order valence-electron chi connectivity index (χ0n) is 13.7. The van der Waals surface area contributed by atoms with Crippen molar-refractivity contribution in [3.8, 4) is 0 Å². The van der Waals surface area contributed by atoms with Crippen LogP contribution < -0.4 is 10.6 Å². The Morgan fingerprint density at radius 1 is 1.12 bits per heavy atom. The summed E-state index contributed by atoms with van der Waals surface area (Å²) in [5.74, 6) is -0.180. The lowest BCUT2D eigenvalue weighted by Crippen LogP contribution is -2.27. The highest BCUT2D eigenvalue weighted by Gasteiger charge is 2.30. The van der Waals surface area contributed by atoms with Gasteiger partial charge in [0.15, 0.2) is 5.82 Å². The van der Waals surface area contributed by atoms with Crippen molar-refractivity contribution >= 4 is 29.1 Å². The lowest BCUT2D eigenvalue weighted by Gasteiger charge is -2.17. The molecule has 0 bridgehead atoms. The van der Waals surface area contributed by atoms with Crippen LogP contribution in [0.4, 0.5) is 5.69 Å². The molecule has 6 nitrogen and oxygen atoms in total. The Morgan fingerprint density at radius 2 is 1.88 bits per heavy atom. The lowest BCUT2D eigenvalue weighted by atomic mass is 10.1. The van der Waals surface area contributed by atoms with Crippen LogP contribution >= 0.6 is 11.6 Å². The highest BCUT2D eigenvalue weighted by atomic mass is 35.5. The molecule has 0 radical (unpaired) electrons. The van der Waals surface area contributed by atoms with Crippen LogP contribution in [0.3, 0.4) is 0 Å². The first-order chi connectivity index (χ1) is 12.1. The van der Waals surface area contributed by atoms with Gasteiger partial charge in [-0.2, -0.15) is 0 Å². The summed E-state index contributed by atoms with van der Waals surface area (Å²) in [6.45, 7) is 0.711. The number of amides is 2. The van der Waals surface area contributed by atoms with E-state index in [4.69, 9.17) is 11.6 Å². The molecule has 25 heavy (non-hydrogen) atoms. The molecule has 0 unspecified atom stereocenters. The van der Waals surface area contributed by atoms with E-state index >= 15 is 0 Å². The molecule has 2 N–H and O–H groups in total. The molecule has 2 aliphatic rings. The highest BCUT2D eigenvalue weighted by Crippen LogP contribution is 2.24. The number of carbonyl (C=O) groups is 2. The number of nitrogens with one attached hydrogen (secondary N) is 2. The summed E-state index contributed by atoms with van der Waals surface area (Å²) in [6.07, 6.45) is 4.80. The maximum Gasteiger partial charge on any atom is 0.291 e. The summed E-state index contributed by atoms with van der Waals surface area (Å²) in [5.41, 5.74) is 1.91. The molecule has 0 spiro atoms. The van der Waals surface area contributed by atoms with Crippen LogP contribution in [-0.4, -0.2) is 27.4 Å². The van der Waals surface area contributed by atoms with E-state index in [2.05, 4.69) is 15.6 Å². The van der Waals surface area contributed by atoms with Gasteiger partial charge < -0.3 is 15.2 Å². The van der Waals surface area contributed by atoms with Crippen molar-refractivity contribution < 1.29 is 9.59 Å². The minimum absolute atomic E-state index is 0.168. The summed E-state index contributed by atoms with van der Waals surface area (Å²) in [6, 6.07) is 7.17. The maximum absolute atomic E-state index is 12.7. The van der Waals surface area contributed by atoms with Gasteiger partial charge >= 0.3 is 0 Å². The Balaban J connectivity index is 1.61. The van der Waals surface area contributed by atoms with Gasteiger partial charge in [-0.3, -0.25) is 9.59 Å². The molecule has 1 saturated carbocycles. The number of nitrogens with zero attached hydrogens (tertiary/aromatic N) is 2. The number of aromatic nitrogens is 2. The standard InChI is InChI=1S/C18H19ClN4O2/c19-11-4-6-12(7-5-11)21-18(25)16-22-15(17(24)20-13-8-9-13)14-3-1-2-10-23(14)16/h4-7,13H,1-3,8-10H2,(H,20,24)(H,21,25). The molecule has 2 heterocycles. The molecule has 1 aromatic heterocycles. The molecule has 1 aromatic carbocycles. The number of fused-ring (bicyclic) bond motifs is 1. The van der Waals surface area contributed by atoms with Crippen molar-refractivity contribution in [2.24, 2.45) is 0 Å². The molecule has 2 amide bonds. The average molecular weight is 359 g/mol. The van der Waals surface area contributed by atoms with Gasteiger partial charge in [-0.25, -0.2) is 4.98 Å². The number of carbonyl (C=O) groups excluding carboxylic acids is 2. The molecule has 2 aromatic rings. The molecular formula is C18H19ClN4O2. The SMILES string of the molecule is O=C(NC1CC1)c1nc(C(=O)Nc2ccc(Cl)cc2)n2c1CCCC2. The van der Waals surface area contributed by atoms with E-state index in [0.29, 0.717) is 28.8 Å². The van der Waals surface area contributed by atoms with Crippen LogP contribution in [0.5, 0.6) is 0 Å². The number of rotatable bonds is 4. The molecule has 1 fully saturated rings. The van der Waals surface area contributed by atoms with E-state index in [1.54, 1.807) is 24.3 Å². The minimum Gasteiger partial charge on any atom is -0.348 e. The lowest BCUT2D eigenvalue weighted by molar-refractivity contribution is 0.0945. The van der Waals surface area contributed by atoms with E-state index in [-0.39, 0.29) is 17.9 Å². The van der Waals surface area contributed by atoms with Crippen LogP contribution in [0.25, 0.3) is 0 Å². The summed E-state index contributed by atoms with van der Waals surface area (Å²) in [5, 5.41) is 6.40. The molecule has 1 aliphatic carbocycles. The van der Waals surface area contributed by atoms with E-state index in [9.17, 15) is 9.59 Å². The Kier molecular flexibility index (Phi) is 4.21. The Labute approximate surface area is 150 Å². The Bertz CT molecular complexity index is 824. The van der Waals surface area contributed by atoms with Crippen LogP contribution in [-0.2, 0) is 13.0 Å². The third kappa shape index (κ3) is 3.39. The number of halogens is 1. The third-order valence-corrected chi connectivity index (χ3v) is 4.80. The van der Waals surface area contributed by atoms with Crippen LogP contribution in [0.15, 0.2) is 24.3 Å². The van der Waals surface area contributed by atoms with Gasteiger partial charge in [0, 0.05) is 23.3 Å². The van der Waals surface area contributed by atoms with Gasteiger partial charge in [0.1, 0.15) is 5.69 Å². The Hall–Kier alpha value is -2.34. The van der Waals surface area contributed by atoms with Crippen molar-refractivity contribution in [1.82, 2.24) is 14.9 Å². The van der Waals surface area contributed by atoms with Gasteiger partial charge in [0.05, 0.1) is 5.69 Å². The number of hydrogen-bond acceptors (Lipinski definition) is 3. The molecule has 130 valence electrons. The van der Waals surface area contributed by atoms with E-state index in [1.807, 2.05) is 4.57 Å². The average Bonchev–Trinajstić information content (AvgIpc) is 3.33. The smallest absolute Gasteiger partial charge is 0.291 e. The predicted molar refractivity (Wildman–Crippen MR) is 95.1 cm³/mol. The quantitative estimate of drug-likeness (QED) is 0.882. The first-order valence-electron chi connectivity index (χ1n) is 8.59. The van der Waals surface area contributed by atoms with Crippen molar-refractivity contribution in [2.75, 3.05) is 5.32 Å². The van der Waals surface area contributed by atoms with Gasteiger partial charge in [0.25, 0.3) is 11.8 Å². The van der Waals surface area contributed by atoms with Crippen molar-refractivity contribution in [2.45, 2.75) is 44.7 Å². The minimum atomic E-state index is -0.309. The van der Waals surface area contributed by atoms with Gasteiger partial charge in [-0.15, -0.1) is 0 Å². The molecule has 0 saturated heterocycles. The first-order valence-corrected chi connectivity index (χ1v) is 8.97. The van der Waals surface area contributed by atoms with Gasteiger partial charge in [-0.05, 0) is 56.4 Å². The highest BCUT2D eigenvalue weighted by molar-refractivity contribution is 6.30.